The van der Waals surface area contributed by atoms with Gasteiger partial charge in [0.1, 0.15) is 0 Å². The van der Waals surface area contributed by atoms with E-state index < -0.39 is 36.2 Å². The van der Waals surface area contributed by atoms with Crippen LogP contribution in [-0.2, 0) is 24.7 Å². The Bertz CT molecular complexity index is 273. The average Bonchev–Trinajstić information content (AvgIpc) is 1.67. The van der Waals surface area contributed by atoms with E-state index >= 15 is 0 Å². The Morgan fingerprint density at radius 2 is 0.261 bits per heavy atom. The molecular weight excluding hydrogens is 913 g/mol. The van der Waals surface area contributed by atoms with E-state index in [0.717, 1.165) is 0 Å². The molecule has 4 rings (SSSR count). The second-order valence-electron chi connectivity index (χ2n) is 2.71. The molecule has 0 amide bonds. The fourth-order valence-electron chi connectivity index (χ4n) is 1.23. The molecule has 4 heterocycles. The standard InChI is InChI=1S/2Li.16Mg.2Na.H4O10Si4.12H2O.36H/c;;;;;;;;;;;;;;;;;;;;1-11-5-12(2)8-13(3,6-11)10-14(4,7-11)9-12;;;;;;;;;;;;;;;;;;;;;;;;;;;;;;;;;;;;;;;;;;;;;;;;/h;;;;;;;;;;;;;;;;;;;;1-4H;12*1H2;;;;;;;;;;;;;;;;;;;;;;;;;;;;;;;;;;;;. The molecule has 0 aromatic carbocycles. The van der Waals surface area contributed by atoms with Crippen LogP contribution in [0, 0.1) is 0 Å². The Hall–Kier alpha value is 15.4. The molecular formula is H64Li2Mg16Na2O22Si4. The number of hydrogen-bond donors (Lipinski definition) is 4. The Kier molecular flexibility index (Phi) is 510. The number of hydrogen-bond acceptors (Lipinski definition) is 10. The molecule has 0 spiro atoms. The van der Waals surface area contributed by atoms with Gasteiger partial charge < -0.3 is 110 Å². The predicted molar refractivity (Wildman–Crippen MR) is 247 cm³/mol. The van der Waals surface area contributed by atoms with Crippen LogP contribution in [-0.4, -0.2) is 587 Å². The van der Waals surface area contributed by atoms with Crippen molar-refractivity contribution in [2.75, 3.05) is 0 Å². The van der Waals surface area contributed by atoms with Gasteiger partial charge in [0.05, 0.1) is 0 Å². The molecule has 4 fully saturated rings. The van der Waals surface area contributed by atoms with Crippen LogP contribution in [0.15, 0.2) is 0 Å². The molecule has 46 heteroatoms. The van der Waals surface area contributed by atoms with E-state index in [9.17, 15) is 19.2 Å². The molecule has 4 aliphatic rings. The van der Waals surface area contributed by atoms with E-state index in [1.165, 1.54) is 0 Å². The van der Waals surface area contributed by atoms with Crippen LogP contribution < -0.4 is 0 Å². The Morgan fingerprint density at radius 1 is 0.217 bits per heavy atom. The van der Waals surface area contributed by atoms with Crippen molar-refractivity contribution in [3.05, 3.63) is 0 Å². The monoisotopic (exact) mass is 972 g/mol. The van der Waals surface area contributed by atoms with Gasteiger partial charge in [0.25, 0.3) is 0 Å². The molecule has 0 atom stereocenters. The third kappa shape index (κ3) is 76.7. The van der Waals surface area contributed by atoms with Crippen LogP contribution >= 0.6 is 0 Å². The molecule has 0 aliphatic carbocycles. The van der Waals surface area contributed by atoms with E-state index in [2.05, 4.69) is 24.7 Å². The summed E-state index contributed by atoms with van der Waals surface area (Å²) in [5, 5.41) is 0. The van der Waals surface area contributed by atoms with E-state index in [0.29, 0.717) is 0 Å². The third-order valence-electron chi connectivity index (χ3n) is 1.55. The predicted octanol–water partition coefficient (Wildman–Crippen LogP) is -31.3. The molecule has 0 radical (unpaired) electrons. The SMILES string of the molecule is O.O.O.O.O.O.O.O.O.O.O.O.O[Si]12O[Si]3(O)O[Si](O)(O1)O[Si](O)(O2)O3.[LiH].[LiH].[MgH2].[MgH2].[MgH2].[MgH2].[MgH2].[MgH2].[MgH2].[MgH2].[MgH2].[MgH2].[MgH2].[MgH2].[MgH2].[MgH2].[MgH2].[MgH2].[NaH].[NaH]. The minimum absolute atomic E-state index is 0. The van der Waals surface area contributed by atoms with Gasteiger partial charge in [-0.25, -0.2) is 0 Å². The first-order chi connectivity index (χ1) is 6.24. The minimum atomic E-state index is -4.26. The summed E-state index contributed by atoms with van der Waals surface area (Å²) in [7, 11) is -17.0. The molecule has 4 aliphatic heterocycles. The van der Waals surface area contributed by atoms with E-state index in [1.807, 2.05) is 0 Å². The van der Waals surface area contributed by atoms with Crippen molar-refractivity contribution in [1.29, 1.82) is 0 Å². The fourth-order valence-corrected chi connectivity index (χ4v) is 15.6. The zero-order valence-electron chi connectivity index (χ0n) is 12.2. The van der Waals surface area contributed by atoms with Crippen molar-refractivity contribution < 1.29 is 110 Å². The zero-order valence-corrected chi connectivity index (χ0v) is 16.2. The normalized spacial score (nSPS) is 20.1. The summed E-state index contributed by atoms with van der Waals surface area (Å²) in [5.74, 6) is 0. The Morgan fingerprint density at radius 3 is 0.304 bits per heavy atom. The van der Waals surface area contributed by atoms with E-state index in [4.69, 9.17) is 0 Å². The summed E-state index contributed by atoms with van der Waals surface area (Å²) in [4.78, 5) is 37.8. The molecule has 0 aromatic rings. The van der Waals surface area contributed by atoms with Crippen LogP contribution in [0.5, 0.6) is 0 Å². The summed E-state index contributed by atoms with van der Waals surface area (Å²) in [6.07, 6.45) is 0. The molecule has 0 unspecified atom stereocenters. The van der Waals surface area contributed by atoms with Crippen molar-refractivity contribution in [2.45, 2.75) is 0 Å². The maximum atomic E-state index is 9.45. The molecule has 248 valence electrons. The van der Waals surface area contributed by atoms with Gasteiger partial charge in [-0.15, -0.1) is 0 Å². The first kappa shape index (κ1) is 227. The summed E-state index contributed by atoms with van der Waals surface area (Å²) >= 11 is 0. The molecule has 22 nitrogen and oxygen atoms in total. The summed E-state index contributed by atoms with van der Waals surface area (Å²) in [5.41, 5.74) is 0. The van der Waals surface area contributed by atoms with Gasteiger partial charge in [-0.05, 0) is 0 Å². The fraction of sp³-hybridized carbons (Fsp3) is 0. The van der Waals surface area contributed by atoms with E-state index in [-0.39, 0.29) is 531 Å². The van der Waals surface area contributed by atoms with Crippen LogP contribution in [0.3, 0.4) is 0 Å². The molecule has 46 heavy (non-hydrogen) atoms. The maximum absolute atomic E-state index is 9.45. The summed E-state index contributed by atoms with van der Waals surface area (Å²) < 4.78 is 27.0. The van der Waals surface area contributed by atoms with Crippen LogP contribution in [0.25, 0.3) is 0 Å². The Balaban J connectivity index is -0.00000000286. The first-order valence-electron chi connectivity index (χ1n) is 3.34. The third-order valence-corrected chi connectivity index (χ3v) is 13.9. The van der Waals surface area contributed by atoms with Gasteiger partial charge in [-0.1, -0.05) is 0 Å². The number of rotatable bonds is 0. The molecule has 28 N–H and O–H groups in total. The topological polar surface area (TPSA) is 514 Å². The van der Waals surface area contributed by atoms with Gasteiger partial charge >= 0.3 is 502 Å². The van der Waals surface area contributed by atoms with Gasteiger partial charge in [0.2, 0.25) is 0 Å². The zero-order chi connectivity index (χ0) is 10.2. The molecule has 0 aromatic heterocycles. The van der Waals surface area contributed by atoms with Crippen molar-refractivity contribution in [3.8, 4) is 0 Å². The molecule has 4 bridgehead atoms. The second kappa shape index (κ2) is 103. The average molecular weight is 978 g/mol. The van der Waals surface area contributed by atoms with Crippen molar-refractivity contribution >= 4 is 502 Å². The van der Waals surface area contributed by atoms with Gasteiger partial charge in [-0.2, -0.15) is 0 Å². The van der Waals surface area contributed by atoms with Gasteiger partial charge in [0, 0.05) is 0 Å². The molecule has 0 saturated carbocycles. The quantitative estimate of drug-likeness (QED) is 0.166. The van der Waals surface area contributed by atoms with Crippen LogP contribution in [0.2, 0.25) is 0 Å². The van der Waals surface area contributed by atoms with Crippen LogP contribution in [0.1, 0.15) is 0 Å². The van der Waals surface area contributed by atoms with Gasteiger partial charge in [-0.3, -0.25) is 0 Å². The van der Waals surface area contributed by atoms with Crippen molar-refractivity contribution in [1.82, 2.24) is 0 Å². The van der Waals surface area contributed by atoms with Gasteiger partial charge in [0.15, 0.2) is 0 Å². The van der Waals surface area contributed by atoms with Crippen LogP contribution in [0.4, 0.5) is 0 Å². The van der Waals surface area contributed by atoms with Crippen molar-refractivity contribution in [2.24, 2.45) is 0 Å². The second-order valence-corrected chi connectivity index (χ2v) is 11.8. The summed E-state index contributed by atoms with van der Waals surface area (Å²) in [6, 6.07) is 0. The Labute approximate surface area is 596 Å². The first-order valence-corrected chi connectivity index (χ1v) is 10.0. The van der Waals surface area contributed by atoms with Crippen molar-refractivity contribution in [3.63, 3.8) is 0 Å². The van der Waals surface area contributed by atoms with E-state index in [1.54, 1.807) is 0 Å². The molecule has 4 saturated heterocycles. The summed E-state index contributed by atoms with van der Waals surface area (Å²) in [6.45, 7) is 0.